The summed E-state index contributed by atoms with van der Waals surface area (Å²) >= 11 is 5.44. The minimum atomic E-state index is -0.938. The highest BCUT2D eigenvalue weighted by atomic mass is 35.5. The zero-order chi connectivity index (χ0) is 10.6. The molecule has 1 N–H and O–H groups in total. The van der Waals surface area contributed by atoms with Crippen LogP contribution < -0.4 is 0 Å². The number of aliphatic hydroxyl groups excluding tert-OH is 1. The zero-order valence-electron chi connectivity index (χ0n) is 7.51. The van der Waals surface area contributed by atoms with Crippen LogP contribution in [0.5, 0.6) is 0 Å². The Balaban J connectivity index is 2.70. The predicted molar refractivity (Wildman–Crippen MR) is 51.3 cm³/mol. The first-order chi connectivity index (χ1) is 6.65. The van der Waals surface area contributed by atoms with E-state index in [9.17, 15) is 13.9 Å². The molecule has 1 aromatic rings. The number of rotatable bonds is 4. The third-order valence-electron chi connectivity index (χ3n) is 1.94. The molecule has 1 atom stereocenters. The molecule has 0 aliphatic heterocycles. The molecule has 1 unspecified atom stereocenters. The van der Waals surface area contributed by atoms with Crippen LogP contribution in [-0.4, -0.2) is 11.0 Å². The summed E-state index contributed by atoms with van der Waals surface area (Å²) in [5.41, 5.74) is 0.383. The van der Waals surface area contributed by atoms with Gasteiger partial charge in [0.25, 0.3) is 0 Å². The second-order valence-corrected chi connectivity index (χ2v) is 3.40. The molecule has 0 fully saturated rings. The summed E-state index contributed by atoms with van der Waals surface area (Å²) < 4.78 is 25.3. The molecule has 0 bridgehead atoms. The van der Waals surface area contributed by atoms with E-state index in [1.54, 1.807) is 0 Å². The van der Waals surface area contributed by atoms with Crippen molar-refractivity contribution in [2.45, 2.75) is 18.9 Å². The number of halogens is 3. The van der Waals surface area contributed by atoms with Gasteiger partial charge in [-0.15, -0.1) is 11.6 Å². The van der Waals surface area contributed by atoms with Gasteiger partial charge in [0.1, 0.15) is 0 Å². The number of benzene rings is 1. The average molecular weight is 221 g/mol. The van der Waals surface area contributed by atoms with Crippen molar-refractivity contribution in [2.75, 3.05) is 5.88 Å². The second kappa shape index (κ2) is 5.27. The van der Waals surface area contributed by atoms with Crippen LogP contribution in [0, 0.1) is 11.6 Å². The summed E-state index contributed by atoms with van der Waals surface area (Å²) in [6.45, 7) is 0. The fraction of sp³-hybridized carbons (Fsp3) is 0.400. The molecule has 1 nitrogen and oxygen atoms in total. The first-order valence-corrected chi connectivity index (χ1v) is 4.87. The zero-order valence-corrected chi connectivity index (χ0v) is 8.27. The number of hydrogen-bond acceptors (Lipinski definition) is 1. The van der Waals surface area contributed by atoms with Crippen molar-refractivity contribution in [3.63, 3.8) is 0 Å². The van der Waals surface area contributed by atoms with Gasteiger partial charge in [0.15, 0.2) is 11.6 Å². The maximum Gasteiger partial charge on any atom is 0.159 e. The van der Waals surface area contributed by atoms with E-state index in [1.807, 2.05) is 0 Å². The Bertz CT molecular complexity index is 304. The molecule has 0 radical (unpaired) electrons. The average Bonchev–Trinajstić information content (AvgIpc) is 2.18. The largest absolute Gasteiger partial charge is 0.388 e. The van der Waals surface area contributed by atoms with Gasteiger partial charge in [-0.05, 0) is 30.5 Å². The summed E-state index contributed by atoms with van der Waals surface area (Å²) in [5.74, 6) is -1.40. The normalized spacial score (nSPS) is 12.9. The van der Waals surface area contributed by atoms with E-state index in [1.165, 1.54) is 6.07 Å². The van der Waals surface area contributed by atoms with Crippen molar-refractivity contribution in [1.82, 2.24) is 0 Å². The summed E-state index contributed by atoms with van der Waals surface area (Å²) in [4.78, 5) is 0. The summed E-state index contributed by atoms with van der Waals surface area (Å²) in [5, 5.41) is 9.52. The lowest BCUT2D eigenvalue weighted by Gasteiger charge is -2.09. The standard InChI is InChI=1S/C10H11ClF2O/c11-5-1-2-10(14)7-3-4-8(12)9(13)6-7/h3-4,6,10,14H,1-2,5H2. The van der Waals surface area contributed by atoms with Gasteiger partial charge in [0.2, 0.25) is 0 Å². The van der Waals surface area contributed by atoms with Gasteiger partial charge in [-0.1, -0.05) is 6.07 Å². The maximum absolute atomic E-state index is 12.7. The van der Waals surface area contributed by atoms with Crippen LogP contribution in [0.15, 0.2) is 18.2 Å². The van der Waals surface area contributed by atoms with Gasteiger partial charge in [0, 0.05) is 5.88 Å². The molecule has 0 saturated heterocycles. The highest BCUT2D eigenvalue weighted by Gasteiger charge is 2.09. The predicted octanol–water partition coefficient (Wildman–Crippen LogP) is 3.02. The van der Waals surface area contributed by atoms with E-state index in [-0.39, 0.29) is 0 Å². The quantitative estimate of drug-likeness (QED) is 0.774. The van der Waals surface area contributed by atoms with Crippen molar-refractivity contribution in [1.29, 1.82) is 0 Å². The molecule has 4 heteroatoms. The number of hydrogen-bond donors (Lipinski definition) is 1. The fourth-order valence-electron chi connectivity index (χ4n) is 1.16. The van der Waals surface area contributed by atoms with Crippen LogP contribution in [0.4, 0.5) is 8.78 Å². The second-order valence-electron chi connectivity index (χ2n) is 3.02. The van der Waals surface area contributed by atoms with Crippen molar-refractivity contribution >= 4 is 11.6 Å². The lowest BCUT2D eigenvalue weighted by Crippen LogP contribution is -1.99. The van der Waals surface area contributed by atoms with Crippen LogP contribution >= 0.6 is 11.6 Å². The molecule has 0 aliphatic carbocycles. The van der Waals surface area contributed by atoms with Gasteiger partial charge in [-0.3, -0.25) is 0 Å². The Morgan fingerprint density at radius 1 is 1.29 bits per heavy atom. The Morgan fingerprint density at radius 2 is 2.00 bits per heavy atom. The summed E-state index contributed by atoms with van der Waals surface area (Å²) in [7, 11) is 0. The molecule has 1 aromatic carbocycles. The first kappa shape index (κ1) is 11.4. The van der Waals surface area contributed by atoms with Crippen LogP contribution in [0.3, 0.4) is 0 Å². The van der Waals surface area contributed by atoms with E-state index >= 15 is 0 Å². The maximum atomic E-state index is 12.7. The summed E-state index contributed by atoms with van der Waals surface area (Å²) in [6.07, 6.45) is 0.319. The molecule has 78 valence electrons. The number of alkyl halides is 1. The molecular weight excluding hydrogens is 210 g/mol. The smallest absolute Gasteiger partial charge is 0.159 e. The SMILES string of the molecule is OC(CCCCl)c1ccc(F)c(F)c1. The van der Waals surface area contributed by atoms with Gasteiger partial charge in [-0.2, -0.15) is 0 Å². The van der Waals surface area contributed by atoms with E-state index in [2.05, 4.69) is 0 Å². The number of aliphatic hydroxyl groups is 1. The third kappa shape index (κ3) is 2.93. The van der Waals surface area contributed by atoms with Gasteiger partial charge < -0.3 is 5.11 Å². The van der Waals surface area contributed by atoms with Crippen molar-refractivity contribution < 1.29 is 13.9 Å². The molecule has 14 heavy (non-hydrogen) atoms. The molecular formula is C10H11ClF2O. The van der Waals surface area contributed by atoms with Crippen LogP contribution in [0.1, 0.15) is 24.5 Å². The molecule has 0 heterocycles. The highest BCUT2D eigenvalue weighted by molar-refractivity contribution is 6.17. The highest BCUT2D eigenvalue weighted by Crippen LogP contribution is 2.20. The molecule has 0 amide bonds. The van der Waals surface area contributed by atoms with Crippen LogP contribution in [0.2, 0.25) is 0 Å². The van der Waals surface area contributed by atoms with Gasteiger partial charge in [-0.25, -0.2) is 8.78 Å². The van der Waals surface area contributed by atoms with E-state index in [0.29, 0.717) is 24.3 Å². The van der Waals surface area contributed by atoms with Crippen LogP contribution in [-0.2, 0) is 0 Å². The molecule has 0 spiro atoms. The van der Waals surface area contributed by atoms with Crippen molar-refractivity contribution in [3.05, 3.63) is 35.4 Å². The van der Waals surface area contributed by atoms with Crippen LogP contribution in [0.25, 0.3) is 0 Å². The topological polar surface area (TPSA) is 20.2 Å². The monoisotopic (exact) mass is 220 g/mol. The van der Waals surface area contributed by atoms with E-state index in [0.717, 1.165) is 12.1 Å². The third-order valence-corrected chi connectivity index (χ3v) is 2.21. The fourth-order valence-corrected chi connectivity index (χ4v) is 1.31. The van der Waals surface area contributed by atoms with Gasteiger partial charge in [0.05, 0.1) is 6.10 Å². The Kier molecular flexibility index (Phi) is 4.29. The minimum Gasteiger partial charge on any atom is -0.388 e. The molecule has 0 aromatic heterocycles. The first-order valence-electron chi connectivity index (χ1n) is 4.34. The summed E-state index contributed by atoms with van der Waals surface area (Å²) in [6, 6.07) is 3.39. The molecule has 0 aliphatic rings. The molecule has 1 rings (SSSR count). The van der Waals surface area contributed by atoms with Crippen molar-refractivity contribution in [2.24, 2.45) is 0 Å². The van der Waals surface area contributed by atoms with E-state index in [4.69, 9.17) is 11.6 Å². The van der Waals surface area contributed by atoms with Crippen molar-refractivity contribution in [3.8, 4) is 0 Å². The Hall–Kier alpha value is -0.670. The lowest BCUT2D eigenvalue weighted by atomic mass is 10.1. The molecule has 0 saturated carbocycles. The van der Waals surface area contributed by atoms with E-state index < -0.39 is 17.7 Å². The lowest BCUT2D eigenvalue weighted by molar-refractivity contribution is 0.166. The van der Waals surface area contributed by atoms with Gasteiger partial charge >= 0.3 is 0 Å². The Labute approximate surface area is 86.3 Å². The Morgan fingerprint density at radius 3 is 2.57 bits per heavy atom. The minimum absolute atomic E-state index is 0.383.